The molecule has 2 rings (SSSR count). The third-order valence-electron chi connectivity index (χ3n) is 3.69. The number of thiophene rings is 1. The number of aryl methyl sites for hydroxylation is 1. The molecule has 20 heavy (non-hydrogen) atoms. The van der Waals surface area contributed by atoms with Gasteiger partial charge in [-0.1, -0.05) is 6.42 Å². The van der Waals surface area contributed by atoms with Crippen LogP contribution in [0.15, 0.2) is 12.1 Å². The van der Waals surface area contributed by atoms with Gasteiger partial charge in [-0.15, -0.1) is 11.3 Å². The molecule has 1 saturated carbocycles. The molecule has 1 aliphatic rings. The van der Waals surface area contributed by atoms with E-state index < -0.39 is 11.9 Å². The van der Waals surface area contributed by atoms with Gasteiger partial charge in [-0.25, -0.2) is 4.79 Å². The van der Waals surface area contributed by atoms with Gasteiger partial charge in [-0.2, -0.15) is 0 Å². The van der Waals surface area contributed by atoms with E-state index in [0.29, 0.717) is 6.42 Å². The number of amides is 2. The second-order valence-corrected chi connectivity index (χ2v) is 6.59. The van der Waals surface area contributed by atoms with Crippen LogP contribution in [0.1, 0.15) is 42.0 Å². The van der Waals surface area contributed by atoms with Crippen LogP contribution in [0, 0.1) is 12.8 Å². The molecule has 0 aromatic carbocycles. The quantitative estimate of drug-likeness (QED) is 0.799. The lowest BCUT2D eigenvalue weighted by molar-refractivity contribution is -0.142. The van der Waals surface area contributed by atoms with Crippen molar-refractivity contribution >= 4 is 23.3 Å². The first-order valence-corrected chi connectivity index (χ1v) is 7.65. The van der Waals surface area contributed by atoms with Crippen LogP contribution in [0.4, 0.5) is 4.79 Å². The average molecular weight is 296 g/mol. The number of urea groups is 1. The fourth-order valence-electron chi connectivity index (χ4n) is 2.59. The van der Waals surface area contributed by atoms with Crippen molar-refractivity contribution in [1.82, 2.24) is 10.6 Å². The largest absolute Gasteiger partial charge is 0.481 e. The van der Waals surface area contributed by atoms with Crippen LogP contribution >= 0.6 is 11.3 Å². The molecule has 1 aromatic heterocycles. The molecule has 1 heterocycles. The standard InChI is InChI=1S/C14H20N2O3S/c1-8-6-7-12(20-8)9(2)15-14(19)16-11-5-3-4-10(11)13(17)18/h6-7,9-11H,3-5H2,1-2H3,(H,17,18)(H2,15,16,19). The number of rotatable bonds is 4. The molecule has 1 aromatic rings. The van der Waals surface area contributed by atoms with E-state index in [1.165, 1.54) is 4.88 Å². The van der Waals surface area contributed by atoms with Crippen molar-refractivity contribution in [3.63, 3.8) is 0 Å². The molecule has 0 spiro atoms. The highest BCUT2D eigenvalue weighted by Gasteiger charge is 2.34. The summed E-state index contributed by atoms with van der Waals surface area (Å²) in [6.07, 6.45) is 2.22. The average Bonchev–Trinajstić information content (AvgIpc) is 2.97. The van der Waals surface area contributed by atoms with E-state index in [9.17, 15) is 9.59 Å². The molecule has 0 radical (unpaired) electrons. The fraction of sp³-hybridized carbons (Fsp3) is 0.571. The van der Waals surface area contributed by atoms with E-state index in [2.05, 4.69) is 10.6 Å². The van der Waals surface area contributed by atoms with E-state index in [1.54, 1.807) is 11.3 Å². The smallest absolute Gasteiger partial charge is 0.315 e. The molecule has 0 saturated heterocycles. The number of carboxylic acid groups (broad SMARTS) is 1. The van der Waals surface area contributed by atoms with E-state index in [4.69, 9.17) is 5.11 Å². The molecule has 0 aliphatic heterocycles. The maximum atomic E-state index is 11.9. The molecule has 6 heteroatoms. The van der Waals surface area contributed by atoms with Crippen molar-refractivity contribution in [3.05, 3.63) is 21.9 Å². The summed E-state index contributed by atoms with van der Waals surface area (Å²) in [4.78, 5) is 25.3. The molecular formula is C14H20N2O3S. The van der Waals surface area contributed by atoms with Gasteiger partial charge in [0, 0.05) is 15.8 Å². The summed E-state index contributed by atoms with van der Waals surface area (Å²) in [5.74, 6) is -1.28. The molecule has 0 bridgehead atoms. The summed E-state index contributed by atoms with van der Waals surface area (Å²) in [5, 5.41) is 14.7. The number of carboxylic acids is 1. The number of carbonyl (C=O) groups excluding carboxylic acids is 1. The number of carbonyl (C=O) groups is 2. The van der Waals surface area contributed by atoms with Gasteiger partial charge in [0.05, 0.1) is 12.0 Å². The first kappa shape index (κ1) is 14.8. The Labute approximate surface area is 122 Å². The van der Waals surface area contributed by atoms with Gasteiger partial charge < -0.3 is 15.7 Å². The lowest BCUT2D eigenvalue weighted by atomic mass is 10.0. The SMILES string of the molecule is Cc1ccc(C(C)NC(=O)NC2CCCC2C(=O)O)s1. The zero-order valence-corrected chi connectivity index (χ0v) is 12.5. The minimum Gasteiger partial charge on any atom is -0.481 e. The summed E-state index contributed by atoms with van der Waals surface area (Å²) in [6, 6.07) is 3.40. The summed E-state index contributed by atoms with van der Waals surface area (Å²) in [5.41, 5.74) is 0. The van der Waals surface area contributed by atoms with Crippen molar-refractivity contribution in [1.29, 1.82) is 0 Å². The summed E-state index contributed by atoms with van der Waals surface area (Å²) in [6.45, 7) is 3.95. The Morgan fingerprint density at radius 3 is 2.75 bits per heavy atom. The molecule has 3 atom stereocenters. The Morgan fingerprint density at radius 1 is 1.40 bits per heavy atom. The van der Waals surface area contributed by atoms with Gasteiger partial charge in [0.15, 0.2) is 0 Å². The molecule has 3 N–H and O–H groups in total. The predicted molar refractivity (Wildman–Crippen MR) is 77.9 cm³/mol. The number of hydrogen-bond acceptors (Lipinski definition) is 3. The van der Waals surface area contributed by atoms with Gasteiger partial charge in [0.25, 0.3) is 0 Å². The van der Waals surface area contributed by atoms with Crippen LogP contribution in [-0.2, 0) is 4.79 Å². The highest BCUT2D eigenvalue weighted by Crippen LogP contribution is 2.26. The molecule has 1 fully saturated rings. The molecule has 1 aliphatic carbocycles. The van der Waals surface area contributed by atoms with Crippen LogP contribution in [0.5, 0.6) is 0 Å². The zero-order chi connectivity index (χ0) is 14.7. The Balaban J connectivity index is 1.87. The summed E-state index contributed by atoms with van der Waals surface area (Å²) < 4.78 is 0. The number of aliphatic carboxylic acids is 1. The van der Waals surface area contributed by atoms with Crippen molar-refractivity contribution in [3.8, 4) is 0 Å². The Bertz CT molecular complexity index is 500. The van der Waals surface area contributed by atoms with Crippen molar-refractivity contribution in [2.24, 2.45) is 5.92 Å². The first-order valence-electron chi connectivity index (χ1n) is 6.83. The van der Waals surface area contributed by atoms with Crippen LogP contribution < -0.4 is 10.6 Å². The third kappa shape index (κ3) is 3.50. The second-order valence-electron chi connectivity index (χ2n) is 5.27. The molecule has 3 unspecified atom stereocenters. The zero-order valence-electron chi connectivity index (χ0n) is 11.7. The van der Waals surface area contributed by atoms with Gasteiger partial charge in [0.2, 0.25) is 0 Å². The summed E-state index contributed by atoms with van der Waals surface area (Å²) >= 11 is 1.65. The van der Waals surface area contributed by atoms with Gasteiger partial charge >= 0.3 is 12.0 Å². The Hall–Kier alpha value is -1.56. The van der Waals surface area contributed by atoms with E-state index >= 15 is 0 Å². The maximum absolute atomic E-state index is 11.9. The second kappa shape index (κ2) is 6.26. The lowest BCUT2D eigenvalue weighted by Gasteiger charge is -2.20. The normalized spacial score (nSPS) is 23.3. The minimum absolute atomic E-state index is 0.0709. The molecular weight excluding hydrogens is 276 g/mol. The van der Waals surface area contributed by atoms with Crippen LogP contribution in [0.2, 0.25) is 0 Å². The highest BCUT2D eigenvalue weighted by molar-refractivity contribution is 7.12. The van der Waals surface area contributed by atoms with E-state index in [-0.39, 0.29) is 18.1 Å². The topological polar surface area (TPSA) is 78.4 Å². The number of hydrogen-bond donors (Lipinski definition) is 3. The van der Waals surface area contributed by atoms with E-state index in [0.717, 1.165) is 17.7 Å². The van der Waals surface area contributed by atoms with E-state index in [1.807, 2.05) is 26.0 Å². The maximum Gasteiger partial charge on any atom is 0.315 e. The number of nitrogens with one attached hydrogen (secondary N) is 2. The molecule has 110 valence electrons. The predicted octanol–water partition coefficient (Wildman–Crippen LogP) is 2.67. The highest BCUT2D eigenvalue weighted by atomic mass is 32.1. The summed E-state index contributed by atoms with van der Waals surface area (Å²) in [7, 11) is 0. The molecule has 5 nitrogen and oxygen atoms in total. The van der Waals surface area contributed by atoms with Crippen molar-refractivity contribution in [2.75, 3.05) is 0 Å². The van der Waals surface area contributed by atoms with Gasteiger partial charge in [-0.3, -0.25) is 4.79 Å². The van der Waals surface area contributed by atoms with Gasteiger partial charge in [-0.05, 0) is 38.8 Å². The third-order valence-corrected chi connectivity index (χ3v) is 4.87. The van der Waals surface area contributed by atoms with Crippen LogP contribution in [0.3, 0.4) is 0 Å². The molecule has 2 amide bonds. The van der Waals surface area contributed by atoms with Gasteiger partial charge in [0.1, 0.15) is 0 Å². The van der Waals surface area contributed by atoms with Crippen molar-refractivity contribution in [2.45, 2.75) is 45.2 Å². The Morgan fingerprint density at radius 2 is 2.15 bits per heavy atom. The van der Waals surface area contributed by atoms with Crippen LogP contribution in [-0.4, -0.2) is 23.1 Å². The van der Waals surface area contributed by atoms with Crippen molar-refractivity contribution < 1.29 is 14.7 Å². The Kier molecular flexibility index (Phi) is 4.65. The lowest BCUT2D eigenvalue weighted by Crippen LogP contribution is -2.45. The minimum atomic E-state index is -0.824. The first-order chi connectivity index (χ1) is 9.47. The van der Waals surface area contributed by atoms with Crippen LogP contribution in [0.25, 0.3) is 0 Å². The monoisotopic (exact) mass is 296 g/mol. The fourth-order valence-corrected chi connectivity index (χ4v) is 3.47.